The first-order valence-electron chi connectivity index (χ1n) is 12.4. The number of nitrogens with one attached hydrogen (secondary N) is 1. The summed E-state index contributed by atoms with van der Waals surface area (Å²) < 4.78 is 32.4. The third-order valence-corrected chi connectivity index (χ3v) is 7.07. The lowest BCUT2D eigenvalue weighted by atomic mass is 10.1. The van der Waals surface area contributed by atoms with Gasteiger partial charge in [-0.1, -0.05) is 41.9 Å². The van der Waals surface area contributed by atoms with Crippen LogP contribution >= 0.6 is 11.6 Å². The van der Waals surface area contributed by atoms with Crippen molar-refractivity contribution in [2.24, 2.45) is 0 Å². The van der Waals surface area contributed by atoms with Gasteiger partial charge in [0.15, 0.2) is 0 Å². The van der Waals surface area contributed by atoms with Crippen LogP contribution in [0.25, 0.3) is 0 Å². The predicted octanol–water partition coefficient (Wildman–Crippen LogP) is 5.23. The minimum Gasteiger partial charge on any atom is -0.457 e. The normalized spacial score (nSPS) is 12.4. The SMILES string of the molecule is C[C@H](C(=O)NC(C)(C)C)N(Cc1cccc(Cl)c1)C(=O)CN(c1ccc(Oc2ccccc2)cc1)S(C)(=O)=O. The summed E-state index contributed by atoms with van der Waals surface area (Å²) in [5.74, 6) is 0.257. The van der Waals surface area contributed by atoms with Crippen LogP contribution in [0, 0.1) is 0 Å². The molecule has 0 radical (unpaired) electrons. The van der Waals surface area contributed by atoms with E-state index in [1.165, 1.54) is 4.90 Å². The van der Waals surface area contributed by atoms with Crippen molar-refractivity contribution >= 4 is 39.1 Å². The van der Waals surface area contributed by atoms with Gasteiger partial charge in [-0.3, -0.25) is 13.9 Å². The van der Waals surface area contributed by atoms with Crippen LogP contribution in [-0.2, 0) is 26.2 Å². The number of hydrogen-bond acceptors (Lipinski definition) is 5. The van der Waals surface area contributed by atoms with Gasteiger partial charge in [0, 0.05) is 17.1 Å². The van der Waals surface area contributed by atoms with Gasteiger partial charge in [0.1, 0.15) is 24.1 Å². The Bertz CT molecular complexity index is 1390. The molecule has 0 unspecified atom stereocenters. The minimum atomic E-state index is -3.85. The average Bonchev–Trinajstić information content (AvgIpc) is 2.85. The molecule has 1 N–H and O–H groups in total. The molecule has 2 amide bonds. The zero-order valence-corrected chi connectivity index (χ0v) is 24.3. The lowest BCUT2D eigenvalue weighted by molar-refractivity contribution is -0.140. The molecule has 0 saturated heterocycles. The molecule has 10 heteroatoms. The van der Waals surface area contributed by atoms with Crippen LogP contribution in [0.3, 0.4) is 0 Å². The van der Waals surface area contributed by atoms with Crippen LogP contribution in [-0.4, -0.2) is 49.5 Å². The van der Waals surface area contributed by atoms with Gasteiger partial charge < -0.3 is 15.0 Å². The molecule has 1 atom stereocenters. The number of amides is 2. The van der Waals surface area contributed by atoms with Crippen molar-refractivity contribution in [1.29, 1.82) is 0 Å². The van der Waals surface area contributed by atoms with Gasteiger partial charge in [-0.2, -0.15) is 0 Å². The largest absolute Gasteiger partial charge is 0.457 e. The molecule has 0 aromatic heterocycles. The van der Waals surface area contributed by atoms with Gasteiger partial charge in [-0.25, -0.2) is 8.42 Å². The number of rotatable bonds is 10. The Morgan fingerprint density at radius 2 is 1.56 bits per heavy atom. The van der Waals surface area contributed by atoms with Crippen LogP contribution in [0.15, 0.2) is 78.9 Å². The highest BCUT2D eigenvalue weighted by atomic mass is 35.5. The zero-order chi connectivity index (χ0) is 28.8. The van der Waals surface area contributed by atoms with Crippen molar-refractivity contribution in [3.05, 3.63) is 89.4 Å². The number of hydrogen-bond donors (Lipinski definition) is 1. The molecule has 39 heavy (non-hydrogen) atoms. The van der Waals surface area contributed by atoms with E-state index < -0.39 is 34.1 Å². The second-order valence-electron chi connectivity index (χ2n) is 10.2. The summed E-state index contributed by atoms with van der Waals surface area (Å²) in [5, 5.41) is 3.38. The van der Waals surface area contributed by atoms with Crippen molar-refractivity contribution in [2.45, 2.75) is 45.8 Å². The highest BCUT2D eigenvalue weighted by Gasteiger charge is 2.31. The molecule has 3 aromatic rings. The molecule has 0 aliphatic rings. The Morgan fingerprint density at radius 1 is 0.949 bits per heavy atom. The minimum absolute atomic E-state index is 0.0690. The summed E-state index contributed by atoms with van der Waals surface area (Å²) in [6, 6.07) is 21.7. The highest BCUT2D eigenvalue weighted by molar-refractivity contribution is 7.92. The van der Waals surface area contributed by atoms with E-state index in [4.69, 9.17) is 16.3 Å². The van der Waals surface area contributed by atoms with E-state index in [0.29, 0.717) is 27.8 Å². The Kier molecular flexibility index (Phi) is 9.63. The summed E-state index contributed by atoms with van der Waals surface area (Å²) in [4.78, 5) is 28.0. The summed E-state index contributed by atoms with van der Waals surface area (Å²) in [6.45, 7) is 6.72. The monoisotopic (exact) mass is 571 g/mol. The lowest BCUT2D eigenvalue weighted by Crippen LogP contribution is -2.54. The summed E-state index contributed by atoms with van der Waals surface area (Å²) in [7, 11) is -3.85. The van der Waals surface area contributed by atoms with E-state index in [2.05, 4.69) is 5.32 Å². The van der Waals surface area contributed by atoms with Crippen molar-refractivity contribution < 1.29 is 22.7 Å². The van der Waals surface area contributed by atoms with Crippen molar-refractivity contribution in [1.82, 2.24) is 10.2 Å². The fraction of sp³-hybridized carbons (Fsp3) is 0.310. The quantitative estimate of drug-likeness (QED) is 0.359. The molecule has 3 aromatic carbocycles. The summed E-state index contributed by atoms with van der Waals surface area (Å²) in [5.41, 5.74) is 0.485. The first-order valence-corrected chi connectivity index (χ1v) is 14.6. The van der Waals surface area contributed by atoms with E-state index in [1.54, 1.807) is 67.6 Å². The van der Waals surface area contributed by atoms with Crippen LogP contribution in [0.1, 0.15) is 33.3 Å². The van der Waals surface area contributed by atoms with E-state index in [9.17, 15) is 18.0 Å². The molecule has 3 rings (SSSR count). The maximum absolute atomic E-state index is 13.7. The molecule has 208 valence electrons. The number of benzene rings is 3. The molecule has 0 saturated carbocycles. The van der Waals surface area contributed by atoms with E-state index in [-0.39, 0.29) is 12.5 Å². The van der Waals surface area contributed by atoms with Crippen LogP contribution < -0.4 is 14.4 Å². The number of carbonyl (C=O) groups is 2. The molecule has 0 aliphatic heterocycles. The number of ether oxygens (including phenoxy) is 1. The van der Waals surface area contributed by atoms with Gasteiger partial charge in [0.25, 0.3) is 0 Å². The maximum Gasteiger partial charge on any atom is 0.244 e. The van der Waals surface area contributed by atoms with E-state index in [1.807, 2.05) is 39.0 Å². The van der Waals surface area contributed by atoms with E-state index >= 15 is 0 Å². The van der Waals surface area contributed by atoms with Crippen molar-refractivity contribution in [3.8, 4) is 11.5 Å². The Morgan fingerprint density at radius 3 is 2.13 bits per heavy atom. The van der Waals surface area contributed by atoms with Crippen LogP contribution in [0.2, 0.25) is 5.02 Å². The van der Waals surface area contributed by atoms with Crippen molar-refractivity contribution in [3.63, 3.8) is 0 Å². The Hall–Kier alpha value is -3.56. The third-order valence-electron chi connectivity index (χ3n) is 5.69. The number of halogens is 1. The molecule has 0 bridgehead atoms. The summed E-state index contributed by atoms with van der Waals surface area (Å²) in [6.07, 6.45) is 1.03. The second kappa shape index (κ2) is 12.5. The first-order chi connectivity index (χ1) is 18.2. The molecule has 0 spiro atoms. The van der Waals surface area contributed by atoms with Gasteiger partial charge in [0.2, 0.25) is 21.8 Å². The molecule has 8 nitrogen and oxygen atoms in total. The topological polar surface area (TPSA) is 96.0 Å². The molecular formula is C29H34ClN3O5S. The van der Waals surface area contributed by atoms with Gasteiger partial charge >= 0.3 is 0 Å². The predicted molar refractivity (Wildman–Crippen MR) is 155 cm³/mol. The highest BCUT2D eigenvalue weighted by Crippen LogP contribution is 2.26. The number of para-hydroxylation sites is 1. The van der Waals surface area contributed by atoms with Gasteiger partial charge in [-0.15, -0.1) is 0 Å². The standard InChI is InChI=1S/C29H34ClN3O5S/c1-21(28(35)31-29(2,3)4)32(19-22-10-9-11-23(30)18-22)27(34)20-33(39(5,36)37)24-14-16-26(17-15-24)38-25-12-7-6-8-13-25/h6-18,21H,19-20H2,1-5H3,(H,31,35)/t21-/m1/s1. The molecule has 0 aliphatic carbocycles. The van der Waals surface area contributed by atoms with Crippen LogP contribution in [0.5, 0.6) is 11.5 Å². The lowest BCUT2D eigenvalue weighted by Gasteiger charge is -2.33. The smallest absolute Gasteiger partial charge is 0.244 e. The van der Waals surface area contributed by atoms with Gasteiger partial charge in [-0.05, 0) is 81.8 Å². The van der Waals surface area contributed by atoms with Crippen molar-refractivity contribution in [2.75, 3.05) is 17.1 Å². The zero-order valence-electron chi connectivity index (χ0n) is 22.7. The Labute approximate surface area is 235 Å². The fourth-order valence-electron chi connectivity index (χ4n) is 3.81. The number of nitrogens with zero attached hydrogens (tertiary/aromatic N) is 2. The first kappa shape index (κ1) is 30.0. The second-order valence-corrected chi connectivity index (χ2v) is 12.6. The fourth-order valence-corrected chi connectivity index (χ4v) is 4.87. The summed E-state index contributed by atoms with van der Waals surface area (Å²) >= 11 is 6.14. The molecule has 0 heterocycles. The Balaban J connectivity index is 1.87. The molecular weight excluding hydrogens is 538 g/mol. The van der Waals surface area contributed by atoms with Gasteiger partial charge in [0.05, 0.1) is 11.9 Å². The number of carbonyl (C=O) groups excluding carboxylic acids is 2. The average molecular weight is 572 g/mol. The number of anilines is 1. The maximum atomic E-state index is 13.7. The molecule has 0 fully saturated rings. The third kappa shape index (κ3) is 9.01. The van der Waals surface area contributed by atoms with Crippen LogP contribution in [0.4, 0.5) is 5.69 Å². The van der Waals surface area contributed by atoms with E-state index in [0.717, 1.165) is 10.6 Å². The number of sulfonamides is 1.